The molecule has 0 spiro atoms. The molecule has 3 heterocycles. The highest BCUT2D eigenvalue weighted by molar-refractivity contribution is 5.82. The first-order valence-corrected chi connectivity index (χ1v) is 9.26. The summed E-state index contributed by atoms with van der Waals surface area (Å²) in [4.78, 5) is 19.0. The van der Waals surface area contributed by atoms with E-state index in [4.69, 9.17) is 4.63 Å². The summed E-state index contributed by atoms with van der Waals surface area (Å²) in [5.41, 5.74) is 3.23. The van der Waals surface area contributed by atoms with Gasteiger partial charge in [-0.2, -0.15) is 0 Å². The van der Waals surface area contributed by atoms with Gasteiger partial charge in [-0.3, -0.25) is 4.90 Å². The first-order valence-electron chi connectivity index (χ1n) is 9.26. The van der Waals surface area contributed by atoms with Crippen molar-refractivity contribution < 1.29 is 14.5 Å². The molecular formula is C20H19N5O3. The molecular weight excluding hydrogens is 358 g/mol. The van der Waals surface area contributed by atoms with E-state index in [2.05, 4.69) is 20.2 Å². The average Bonchev–Trinajstić information content (AvgIpc) is 3.36. The molecule has 2 aromatic carbocycles. The van der Waals surface area contributed by atoms with Crippen LogP contribution in [0.1, 0.15) is 18.4 Å². The van der Waals surface area contributed by atoms with Crippen LogP contribution >= 0.6 is 0 Å². The number of para-hydroxylation sites is 2. The second-order valence-electron chi connectivity index (χ2n) is 7.27. The lowest BCUT2D eigenvalue weighted by Crippen LogP contribution is -2.50. The molecule has 0 bridgehead atoms. The maximum atomic E-state index is 12.3. The monoisotopic (exact) mass is 377 g/mol. The summed E-state index contributed by atoms with van der Waals surface area (Å²) in [6, 6.07) is 13.5. The highest BCUT2D eigenvalue weighted by atomic mass is 16.6. The Bertz CT molecular complexity index is 1160. The molecule has 28 heavy (non-hydrogen) atoms. The van der Waals surface area contributed by atoms with Gasteiger partial charge in [0.05, 0.1) is 17.4 Å². The number of carboxylic acids is 1. The summed E-state index contributed by atoms with van der Waals surface area (Å²) in [6.07, 6.45) is 2.68. The van der Waals surface area contributed by atoms with Crippen LogP contribution < -0.4 is 0 Å². The molecule has 0 amide bonds. The predicted octanol–water partition coefficient (Wildman–Crippen LogP) is 2.65. The molecule has 8 nitrogen and oxygen atoms in total. The Morgan fingerprint density at radius 1 is 1.07 bits per heavy atom. The highest BCUT2D eigenvalue weighted by Gasteiger charge is 2.44. The van der Waals surface area contributed by atoms with E-state index in [-0.39, 0.29) is 0 Å². The lowest BCUT2D eigenvalue weighted by Gasteiger charge is -2.40. The summed E-state index contributed by atoms with van der Waals surface area (Å²) < 4.78 is 6.68. The van der Waals surface area contributed by atoms with Gasteiger partial charge in [0, 0.05) is 19.6 Å². The number of hydrogen-bond acceptors (Lipinski definition) is 6. The fraction of sp³-hybridized carbons (Fsp3) is 0.300. The molecule has 5 rings (SSSR count). The molecule has 0 unspecified atom stereocenters. The molecule has 1 N–H and O–H groups in total. The van der Waals surface area contributed by atoms with Crippen molar-refractivity contribution in [3.05, 3.63) is 54.4 Å². The van der Waals surface area contributed by atoms with Gasteiger partial charge in [0.15, 0.2) is 0 Å². The Hall–Kier alpha value is -3.26. The van der Waals surface area contributed by atoms with Crippen LogP contribution in [0.3, 0.4) is 0 Å². The van der Waals surface area contributed by atoms with Crippen molar-refractivity contribution in [2.45, 2.75) is 24.9 Å². The van der Waals surface area contributed by atoms with Gasteiger partial charge >= 0.3 is 5.97 Å². The van der Waals surface area contributed by atoms with Crippen molar-refractivity contribution in [3.63, 3.8) is 0 Å². The quantitative estimate of drug-likeness (QED) is 0.584. The first-order chi connectivity index (χ1) is 13.7. The molecule has 2 aromatic heterocycles. The Morgan fingerprint density at radius 3 is 2.68 bits per heavy atom. The third-order valence-corrected chi connectivity index (χ3v) is 5.76. The number of piperidine rings is 1. The summed E-state index contributed by atoms with van der Waals surface area (Å²) >= 11 is 0. The van der Waals surface area contributed by atoms with E-state index >= 15 is 0 Å². The number of nitrogens with zero attached hydrogens (tertiary/aromatic N) is 5. The summed E-state index contributed by atoms with van der Waals surface area (Å²) in [5, 5.41) is 18.0. The molecule has 1 aliphatic heterocycles. The van der Waals surface area contributed by atoms with Crippen LogP contribution in [0.5, 0.6) is 0 Å². The average molecular weight is 377 g/mol. The number of fused-ring (bicyclic) bond motifs is 2. The van der Waals surface area contributed by atoms with Crippen LogP contribution in [0.2, 0.25) is 0 Å². The molecule has 8 heteroatoms. The Kier molecular flexibility index (Phi) is 3.87. The fourth-order valence-electron chi connectivity index (χ4n) is 4.17. The summed E-state index contributed by atoms with van der Waals surface area (Å²) in [7, 11) is 0. The van der Waals surface area contributed by atoms with E-state index in [1.54, 1.807) is 6.33 Å². The van der Waals surface area contributed by atoms with Crippen LogP contribution in [-0.4, -0.2) is 48.9 Å². The minimum atomic E-state index is -0.978. The molecule has 142 valence electrons. The van der Waals surface area contributed by atoms with Crippen LogP contribution in [-0.2, 0) is 16.9 Å². The molecule has 0 atom stereocenters. The van der Waals surface area contributed by atoms with Crippen LogP contribution in [0.4, 0.5) is 0 Å². The van der Waals surface area contributed by atoms with E-state index in [1.807, 2.05) is 47.0 Å². The minimum Gasteiger partial charge on any atom is -0.479 e. The smallest absolute Gasteiger partial charge is 0.330 e. The molecule has 1 aliphatic rings. The normalized spacial score (nSPS) is 17.3. The zero-order valence-corrected chi connectivity index (χ0v) is 15.2. The molecule has 0 aliphatic carbocycles. The van der Waals surface area contributed by atoms with Crippen LogP contribution in [0.15, 0.2) is 53.4 Å². The second-order valence-corrected chi connectivity index (χ2v) is 7.27. The first kappa shape index (κ1) is 16.9. The Morgan fingerprint density at radius 2 is 1.86 bits per heavy atom. The van der Waals surface area contributed by atoms with Crippen molar-refractivity contribution in [1.82, 2.24) is 24.8 Å². The number of aromatic nitrogens is 4. The number of hydrogen-bond donors (Lipinski definition) is 1. The highest BCUT2D eigenvalue weighted by Crippen LogP contribution is 2.34. The number of benzene rings is 2. The van der Waals surface area contributed by atoms with Gasteiger partial charge in [0.25, 0.3) is 0 Å². The Balaban J connectivity index is 1.41. The van der Waals surface area contributed by atoms with Gasteiger partial charge in [0.1, 0.15) is 16.6 Å². The Labute approximate surface area is 160 Å². The number of aliphatic carboxylic acids is 1. The van der Waals surface area contributed by atoms with Crippen LogP contribution in [0, 0.1) is 0 Å². The van der Waals surface area contributed by atoms with Crippen molar-refractivity contribution in [2.24, 2.45) is 0 Å². The van der Waals surface area contributed by atoms with Gasteiger partial charge < -0.3 is 9.67 Å². The molecule has 0 saturated carbocycles. The van der Waals surface area contributed by atoms with Gasteiger partial charge in [0.2, 0.25) is 0 Å². The maximum Gasteiger partial charge on any atom is 0.330 e. The van der Waals surface area contributed by atoms with Crippen molar-refractivity contribution in [1.29, 1.82) is 0 Å². The molecule has 1 saturated heterocycles. The number of carboxylic acid groups (broad SMARTS) is 1. The zero-order valence-electron chi connectivity index (χ0n) is 15.2. The van der Waals surface area contributed by atoms with Crippen molar-refractivity contribution in [3.8, 4) is 0 Å². The molecule has 4 aromatic rings. The summed E-state index contributed by atoms with van der Waals surface area (Å²) in [5.74, 6) is -0.807. The van der Waals surface area contributed by atoms with E-state index in [9.17, 15) is 9.90 Å². The number of carbonyl (C=O) groups is 1. The molecule has 1 fully saturated rings. The van der Waals surface area contributed by atoms with Gasteiger partial charge in [-0.25, -0.2) is 14.4 Å². The third-order valence-electron chi connectivity index (χ3n) is 5.76. The molecule has 0 radical (unpaired) electrons. The lowest BCUT2D eigenvalue weighted by molar-refractivity contribution is -0.150. The van der Waals surface area contributed by atoms with E-state index in [0.29, 0.717) is 32.5 Å². The zero-order chi connectivity index (χ0) is 19.1. The van der Waals surface area contributed by atoms with Crippen molar-refractivity contribution >= 4 is 28.0 Å². The maximum absolute atomic E-state index is 12.3. The summed E-state index contributed by atoms with van der Waals surface area (Å²) in [6.45, 7) is 2.02. The SMILES string of the molecule is O=C(O)C1(n2cnc3ccccc32)CCN(Cc2cccc3nonc23)CC1. The largest absolute Gasteiger partial charge is 0.479 e. The topological polar surface area (TPSA) is 97.3 Å². The predicted molar refractivity (Wildman–Crippen MR) is 102 cm³/mol. The number of likely N-dealkylation sites (tertiary alicyclic amines) is 1. The van der Waals surface area contributed by atoms with E-state index in [1.165, 1.54) is 0 Å². The van der Waals surface area contributed by atoms with Gasteiger partial charge in [-0.15, -0.1) is 0 Å². The second kappa shape index (κ2) is 6.42. The van der Waals surface area contributed by atoms with Crippen LogP contribution in [0.25, 0.3) is 22.1 Å². The van der Waals surface area contributed by atoms with E-state index in [0.717, 1.165) is 27.6 Å². The third kappa shape index (κ3) is 2.56. The minimum absolute atomic E-state index is 0.510. The van der Waals surface area contributed by atoms with Crippen molar-refractivity contribution in [2.75, 3.05) is 13.1 Å². The number of imidazole rings is 1. The lowest BCUT2D eigenvalue weighted by atomic mass is 9.86. The standard InChI is InChI=1S/C20H19N5O3/c26-19(27)20(25-13-21-15-5-1-2-7-17(15)25)8-10-24(11-9-20)12-14-4-3-6-16-18(14)23-28-22-16/h1-7,13H,8-12H2,(H,26,27). The van der Waals surface area contributed by atoms with E-state index < -0.39 is 11.5 Å². The van der Waals surface area contributed by atoms with Gasteiger partial charge in [-0.1, -0.05) is 24.3 Å². The fourth-order valence-corrected chi connectivity index (χ4v) is 4.17. The van der Waals surface area contributed by atoms with Gasteiger partial charge in [-0.05, 0) is 46.9 Å². The number of rotatable bonds is 4.